The van der Waals surface area contributed by atoms with Gasteiger partial charge in [0.2, 0.25) is 11.8 Å². The number of hydrogen-bond acceptors (Lipinski definition) is 2. The van der Waals surface area contributed by atoms with Crippen molar-refractivity contribution in [2.24, 2.45) is 11.7 Å². The zero-order chi connectivity index (χ0) is 12.6. The summed E-state index contributed by atoms with van der Waals surface area (Å²) in [6.07, 6.45) is 0.181. The number of hydrogen-bond donors (Lipinski definition) is 1. The molecule has 1 fully saturated rings. The number of benzene rings is 1. The van der Waals surface area contributed by atoms with Gasteiger partial charge in [-0.2, -0.15) is 0 Å². The van der Waals surface area contributed by atoms with Crippen LogP contribution in [0, 0.1) is 12.8 Å². The van der Waals surface area contributed by atoms with Gasteiger partial charge in [-0.05, 0) is 24.6 Å². The monoisotopic (exact) mass is 252 g/mol. The minimum absolute atomic E-state index is 0.0891. The number of rotatable bonds is 2. The SMILES string of the molecule is Cc1ccc(N2C[C@H](C(N)=O)CC2=O)cc1Cl. The van der Waals surface area contributed by atoms with Crippen molar-refractivity contribution in [3.63, 3.8) is 0 Å². The molecule has 1 heterocycles. The van der Waals surface area contributed by atoms with Crippen molar-refractivity contribution >= 4 is 29.1 Å². The van der Waals surface area contributed by atoms with Gasteiger partial charge in [-0.15, -0.1) is 0 Å². The molecular weight excluding hydrogens is 240 g/mol. The molecule has 4 nitrogen and oxygen atoms in total. The molecule has 0 saturated carbocycles. The van der Waals surface area contributed by atoms with E-state index < -0.39 is 11.8 Å². The quantitative estimate of drug-likeness (QED) is 0.867. The van der Waals surface area contributed by atoms with E-state index in [1.54, 1.807) is 11.0 Å². The second-order valence-electron chi connectivity index (χ2n) is 4.24. The molecule has 2 N–H and O–H groups in total. The Balaban J connectivity index is 2.26. The van der Waals surface area contributed by atoms with Crippen LogP contribution in [0.1, 0.15) is 12.0 Å². The van der Waals surface area contributed by atoms with E-state index in [0.717, 1.165) is 5.56 Å². The van der Waals surface area contributed by atoms with Crippen LogP contribution in [0.4, 0.5) is 5.69 Å². The maximum atomic E-state index is 11.8. The lowest BCUT2D eigenvalue weighted by Crippen LogP contribution is -2.28. The lowest BCUT2D eigenvalue weighted by Gasteiger charge is -2.17. The van der Waals surface area contributed by atoms with Crippen molar-refractivity contribution in [3.8, 4) is 0 Å². The molecule has 5 heteroatoms. The van der Waals surface area contributed by atoms with E-state index in [1.807, 2.05) is 19.1 Å². The van der Waals surface area contributed by atoms with Gasteiger partial charge < -0.3 is 10.6 Å². The Morgan fingerprint density at radius 1 is 1.53 bits per heavy atom. The summed E-state index contributed by atoms with van der Waals surface area (Å²) < 4.78 is 0. The van der Waals surface area contributed by atoms with Gasteiger partial charge >= 0.3 is 0 Å². The van der Waals surface area contributed by atoms with E-state index in [9.17, 15) is 9.59 Å². The Morgan fingerprint density at radius 2 is 2.24 bits per heavy atom. The molecule has 0 aliphatic carbocycles. The lowest BCUT2D eigenvalue weighted by atomic mass is 10.1. The molecule has 1 aromatic carbocycles. The summed E-state index contributed by atoms with van der Waals surface area (Å²) in [6, 6.07) is 5.41. The average Bonchev–Trinajstić information content (AvgIpc) is 2.65. The van der Waals surface area contributed by atoms with Gasteiger partial charge in [-0.1, -0.05) is 17.7 Å². The van der Waals surface area contributed by atoms with Gasteiger partial charge in [0.25, 0.3) is 0 Å². The van der Waals surface area contributed by atoms with Crippen molar-refractivity contribution in [2.45, 2.75) is 13.3 Å². The third kappa shape index (κ3) is 2.26. The Labute approximate surface area is 104 Å². The van der Waals surface area contributed by atoms with Crippen LogP contribution in [0.2, 0.25) is 5.02 Å². The minimum Gasteiger partial charge on any atom is -0.369 e. The van der Waals surface area contributed by atoms with E-state index in [4.69, 9.17) is 17.3 Å². The molecule has 2 rings (SSSR count). The predicted molar refractivity (Wildman–Crippen MR) is 65.8 cm³/mol. The van der Waals surface area contributed by atoms with Crippen molar-refractivity contribution in [2.75, 3.05) is 11.4 Å². The van der Waals surface area contributed by atoms with Crippen LogP contribution >= 0.6 is 11.6 Å². The van der Waals surface area contributed by atoms with Crippen molar-refractivity contribution < 1.29 is 9.59 Å². The maximum Gasteiger partial charge on any atom is 0.227 e. The second-order valence-corrected chi connectivity index (χ2v) is 4.65. The van der Waals surface area contributed by atoms with Gasteiger partial charge in [-0.3, -0.25) is 9.59 Å². The number of anilines is 1. The van der Waals surface area contributed by atoms with Gasteiger partial charge in [-0.25, -0.2) is 0 Å². The highest BCUT2D eigenvalue weighted by Crippen LogP contribution is 2.28. The molecule has 1 atom stereocenters. The molecule has 1 aromatic rings. The first-order valence-corrected chi connectivity index (χ1v) is 5.72. The van der Waals surface area contributed by atoms with Gasteiger partial charge in [0.05, 0.1) is 5.92 Å². The van der Waals surface area contributed by atoms with Crippen LogP contribution in [0.25, 0.3) is 0 Å². The topological polar surface area (TPSA) is 63.4 Å². The predicted octanol–water partition coefficient (Wildman–Crippen LogP) is 1.49. The van der Waals surface area contributed by atoms with Crippen molar-refractivity contribution in [1.29, 1.82) is 0 Å². The zero-order valence-corrected chi connectivity index (χ0v) is 10.2. The highest BCUT2D eigenvalue weighted by atomic mass is 35.5. The summed E-state index contributed by atoms with van der Waals surface area (Å²) in [5, 5.41) is 0.609. The van der Waals surface area contributed by atoms with Crippen LogP contribution < -0.4 is 10.6 Å². The van der Waals surface area contributed by atoms with E-state index in [1.165, 1.54) is 0 Å². The molecule has 2 amide bonds. The molecule has 1 saturated heterocycles. The minimum atomic E-state index is -0.431. The number of carbonyl (C=O) groups is 2. The molecule has 0 bridgehead atoms. The molecule has 0 spiro atoms. The van der Waals surface area contributed by atoms with E-state index in [0.29, 0.717) is 17.3 Å². The number of nitrogens with zero attached hydrogens (tertiary/aromatic N) is 1. The normalized spacial score (nSPS) is 19.8. The molecule has 17 heavy (non-hydrogen) atoms. The standard InChI is InChI=1S/C12H13ClN2O2/c1-7-2-3-9(5-10(7)13)15-6-8(12(14)17)4-11(15)16/h2-3,5,8H,4,6H2,1H3,(H2,14,17)/t8-/m1/s1. The van der Waals surface area contributed by atoms with Crippen molar-refractivity contribution in [3.05, 3.63) is 28.8 Å². The highest BCUT2D eigenvalue weighted by Gasteiger charge is 2.33. The lowest BCUT2D eigenvalue weighted by molar-refractivity contribution is -0.123. The van der Waals surface area contributed by atoms with Gasteiger partial charge in [0.15, 0.2) is 0 Å². The van der Waals surface area contributed by atoms with E-state index >= 15 is 0 Å². The fraction of sp³-hybridized carbons (Fsp3) is 0.333. The summed E-state index contributed by atoms with van der Waals surface area (Å²) in [4.78, 5) is 24.4. The van der Waals surface area contributed by atoms with Crippen LogP contribution in [0.3, 0.4) is 0 Å². The first-order chi connectivity index (χ1) is 7.99. The number of carbonyl (C=O) groups excluding carboxylic acids is 2. The smallest absolute Gasteiger partial charge is 0.227 e. The summed E-state index contributed by atoms with van der Waals surface area (Å²) >= 11 is 6.01. The van der Waals surface area contributed by atoms with Gasteiger partial charge in [0, 0.05) is 23.7 Å². The third-order valence-corrected chi connectivity index (χ3v) is 3.40. The molecular formula is C12H13ClN2O2. The molecule has 1 aliphatic heterocycles. The first-order valence-electron chi connectivity index (χ1n) is 5.35. The molecule has 0 unspecified atom stereocenters. The fourth-order valence-electron chi connectivity index (χ4n) is 1.90. The van der Waals surface area contributed by atoms with Crippen molar-refractivity contribution in [1.82, 2.24) is 0 Å². The second kappa shape index (κ2) is 4.37. The maximum absolute atomic E-state index is 11.8. The molecule has 90 valence electrons. The zero-order valence-electron chi connectivity index (χ0n) is 9.44. The first kappa shape index (κ1) is 11.9. The van der Waals surface area contributed by atoms with E-state index in [2.05, 4.69) is 0 Å². The van der Waals surface area contributed by atoms with Gasteiger partial charge in [0.1, 0.15) is 0 Å². The number of primary amides is 1. The van der Waals surface area contributed by atoms with Crippen LogP contribution in [-0.4, -0.2) is 18.4 Å². The fourth-order valence-corrected chi connectivity index (χ4v) is 2.07. The van der Waals surface area contributed by atoms with Crippen LogP contribution in [-0.2, 0) is 9.59 Å². The Bertz CT molecular complexity index is 487. The molecule has 1 aliphatic rings. The third-order valence-electron chi connectivity index (χ3n) is 2.99. The number of amides is 2. The average molecular weight is 253 g/mol. The number of aryl methyl sites for hydroxylation is 1. The summed E-state index contributed by atoms with van der Waals surface area (Å²) in [5.74, 6) is -0.921. The Morgan fingerprint density at radius 3 is 2.76 bits per heavy atom. The summed E-state index contributed by atoms with van der Waals surface area (Å²) in [7, 11) is 0. The molecule has 0 aromatic heterocycles. The van der Waals surface area contributed by atoms with Crippen LogP contribution in [0.5, 0.6) is 0 Å². The highest BCUT2D eigenvalue weighted by molar-refractivity contribution is 6.31. The number of halogens is 1. The number of nitrogens with two attached hydrogens (primary N) is 1. The van der Waals surface area contributed by atoms with E-state index in [-0.39, 0.29) is 12.3 Å². The Hall–Kier alpha value is -1.55. The Kier molecular flexibility index (Phi) is 3.07. The van der Waals surface area contributed by atoms with Crippen LogP contribution in [0.15, 0.2) is 18.2 Å². The molecule has 0 radical (unpaired) electrons. The summed E-state index contributed by atoms with van der Waals surface area (Å²) in [5.41, 5.74) is 6.88. The largest absolute Gasteiger partial charge is 0.369 e. The summed E-state index contributed by atoms with van der Waals surface area (Å²) in [6.45, 7) is 2.23.